The fourth-order valence-electron chi connectivity index (χ4n) is 5.36. The molecule has 0 radical (unpaired) electrons. The summed E-state index contributed by atoms with van der Waals surface area (Å²) in [6.07, 6.45) is 2.30. The zero-order chi connectivity index (χ0) is 43.6. The number of hydrogen-bond acceptors (Lipinski definition) is 10. The Morgan fingerprint density at radius 3 is 1.62 bits per heavy atom. The van der Waals surface area contributed by atoms with Gasteiger partial charge in [0.05, 0.1) is 27.3 Å². The number of hydrogen-bond donors (Lipinski definition) is 1. The Morgan fingerprint density at radius 1 is 0.643 bits per heavy atom. The molecule has 0 heterocycles. The zero-order valence-corrected chi connectivity index (χ0v) is 39.6. The summed E-state index contributed by atoms with van der Waals surface area (Å²) >= 11 is 1.58. The Balaban J connectivity index is 3.08. The number of rotatable bonds is 23. The van der Waals surface area contributed by atoms with E-state index in [0.29, 0.717) is 49.4 Å². The number of Topliss-reactive ketones (excluding diaryl/α,β-unsaturated/α-hetero) is 1. The van der Waals surface area contributed by atoms with Crippen LogP contribution in [-0.2, 0) is 33.6 Å². The van der Waals surface area contributed by atoms with Crippen LogP contribution in [0.15, 0.2) is 24.3 Å². The molecule has 0 spiro atoms. The van der Waals surface area contributed by atoms with Crippen molar-refractivity contribution in [2.75, 3.05) is 31.3 Å². The molecule has 1 aromatic rings. The Hall–Kier alpha value is -1.99. The average molecular weight is 828 g/mol. The predicted molar refractivity (Wildman–Crippen MR) is 231 cm³/mol. The molecule has 1 N–H and O–H groups in total. The second kappa shape index (κ2) is 20.3. The minimum atomic E-state index is -3.74. The molecule has 10 nitrogen and oxygen atoms in total. The Bertz CT molecular complexity index is 1530. The van der Waals surface area contributed by atoms with Crippen molar-refractivity contribution in [3.05, 3.63) is 35.4 Å². The summed E-state index contributed by atoms with van der Waals surface area (Å²) in [4.78, 5) is 39.7. The lowest BCUT2D eigenvalue weighted by molar-refractivity contribution is -0.156. The summed E-state index contributed by atoms with van der Waals surface area (Å²) in [7, 11) is -3.74. The number of esters is 1. The first kappa shape index (κ1) is 52.0. The minimum absolute atomic E-state index is 0.244. The lowest BCUT2D eigenvalue weighted by atomic mass is 9.98. The third kappa shape index (κ3) is 21.1. The Morgan fingerprint density at radius 2 is 1.12 bits per heavy atom. The van der Waals surface area contributed by atoms with E-state index in [-0.39, 0.29) is 46.8 Å². The molecule has 1 rings (SSSR count). The molecule has 0 saturated carbocycles. The topological polar surface area (TPSA) is 134 Å². The molecular formula is C44H77NO9S2. The Labute approximate surface area is 345 Å². The van der Waals surface area contributed by atoms with Gasteiger partial charge >= 0.3 is 5.97 Å². The highest BCUT2D eigenvalue weighted by molar-refractivity contribution is 8.00. The minimum Gasteiger partial charge on any atom is -0.460 e. The summed E-state index contributed by atoms with van der Waals surface area (Å²) in [5, 5.41) is 3.06. The molecule has 1 atom stereocenters. The SMILES string of the molecule is CC(C)(CCOC(C)(C)CCC(=O)OC(C)(C)C)NC(=O)c1ccc(C(=O)C(CSC(C)(C)CCOC(C)(C)C)CS(=O)(=O)C(C)(C)CCOC(C)(C)C)cc1. The molecule has 12 heteroatoms. The van der Waals surface area contributed by atoms with Gasteiger partial charge in [0, 0.05) is 59.3 Å². The van der Waals surface area contributed by atoms with Crippen LogP contribution in [0.5, 0.6) is 0 Å². The third-order valence-corrected chi connectivity index (χ3v) is 13.5. The van der Waals surface area contributed by atoms with E-state index in [9.17, 15) is 22.8 Å². The number of amides is 1. The maximum atomic E-state index is 14.1. The van der Waals surface area contributed by atoms with E-state index >= 15 is 0 Å². The fourth-order valence-corrected chi connectivity index (χ4v) is 8.31. The molecular weight excluding hydrogens is 751 g/mol. The van der Waals surface area contributed by atoms with Crippen molar-refractivity contribution in [3.63, 3.8) is 0 Å². The maximum Gasteiger partial charge on any atom is 0.306 e. The maximum absolute atomic E-state index is 14.1. The van der Waals surface area contributed by atoms with Crippen molar-refractivity contribution in [3.8, 4) is 0 Å². The number of nitrogens with one attached hydrogen (secondary N) is 1. The normalized spacial score (nSPS) is 14.4. The van der Waals surface area contributed by atoms with Crippen LogP contribution in [0, 0.1) is 5.92 Å². The lowest BCUT2D eigenvalue weighted by Crippen LogP contribution is -2.44. The van der Waals surface area contributed by atoms with E-state index in [0.717, 1.165) is 6.42 Å². The van der Waals surface area contributed by atoms with Crippen LogP contribution in [0.1, 0.15) is 171 Å². The first-order valence-corrected chi connectivity index (χ1v) is 22.7. The summed E-state index contributed by atoms with van der Waals surface area (Å²) in [6, 6.07) is 6.43. The monoisotopic (exact) mass is 828 g/mol. The molecule has 0 aliphatic rings. The highest BCUT2D eigenvalue weighted by atomic mass is 32.2. The van der Waals surface area contributed by atoms with Gasteiger partial charge in [-0.3, -0.25) is 14.4 Å². The lowest BCUT2D eigenvalue weighted by Gasteiger charge is -2.31. The number of thioether (sulfide) groups is 1. The van der Waals surface area contributed by atoms with Gasteiger partial charge < -0.3 is 24.3 Å². The number of carbonyl (C=O) groups excluding carboxylic acids is 3. The Kier molecular flexibility index (Phi) is 18.9. The van der Waals surface area contributed by atoms with Crippen molar-refractivity contribution in [2.24, 2.45) is 5.92 Å². The van der Waals surface area contributed by atoms with Crippen LogP contribution >= 0.6 is 11.8 Å². The second-order valence-corrected chi connectivity index (χ2v) is 24.8. The molecule has 0 saturated heterocycles. The summed E-state index contributed by atoms with van der Waals surface area (Å²) in [5.41, 5.74) is -1.64. The van der Waals surface area contributed by atoms with Gasteiger partial charge in [-0.2, -0.15) is 11.8 Å². The molecule has 0 aromatic heterocycles. The van der Waals surface area contributed by atoms with Crippen LogP contribution in [0.3, 0.4) is 0 Å². The van der Waals surface area contributed by atoms with Gasteiger partial charge in [-0.15, -0.1) is 0 Å². The molecule has 0 aliphatic heterocycles. The van der Waals surface area contributed by atoms with Crippen LogP contribution in [0.2, 0.25) is 0 Å². The van der Waals surface area contributed by atoms with Gasteiger partial charge in [0.2, 0.25) is 0 Å². The standard InChI is InChI=1S/C44H77NO9S2/c1-38(2,3)51-28-25-43(14,15)55-30-34(31-56(49,50)44(16,17)26-29-52-39(4,5)6)36(47)32-18-20-33(21-19-32)37(48)45-41(10,11)24-27-53-42(12,13)23-22-35(46)54-40(7,8)9/h18-21,34H,22-31H2,1-17H3,(H,45,48). The molecule has 0 aliphatic carbocycles. The molecule has 1 amide bonds. The van der Waals surface area contributed by atoms with Gasteiger partial charge in [0.15, 0.2) is 15.6 Å². The fraction of sp³-hybridized carbons (Fsp3) is 0.795. The van der Waals surface area contributed by atoms with Crippen molar-refractivity contribution in [1.82, 2.24) is 5.32 Å². The number of carbonyl (C=O) groups is 3. The largest absolute Gasteiger partial charge is 0.460 e. The number of sulfone groups is 1. The van der Waals surface area contributed by atoms with E-state index in [2.05, 4.69) is 19.2 Å². The highest BCUT2D eigenvalue weighted by Gasteiger charge is 2.39. The van der Waals surface area contributed by atoms with Crippen LogP contribution in [0.25, 0.3) is 0 Å². The quantitative estimate of drug-likeness (QED) is 0.0840. The molecule has 1 aromatic carbocycles. The number of ketones is 1. The van der Waals surface area contributed by atoms with E-state index in [1.54, 1.807) is 49.9 Å². The second-order valence-electron chi connectivity index (χ2n) is 20.5. The van der Waals surface area contributed by atoms with Crippen LogP contribution in [-0.4, -0.2) is 94.8 Å². The van der Waals surface area contributed by atoms with Crippen molar-refractivity contribution >= 4 is 39.3 Å². The summed E-state index contributed by atoms with van der Waals surface area (Å²) < 4.78 is 49.9. The number of ether oxygens (including phenoxy) is 4. The molecule has 0 bridgehead atoms. The summed E-state index contributed by atoms with van der Waals surface area (Å²) in [5.74, 6) is -1.63. The van der Waals surface area contributed by atoms with E-state index in [4.69, 9.17) is 18.9 Å². The van der Waals surface area contributed by atoms with E-state index in [1.165, 1.54) is 0 Å². The smallest absolute Gasteiger partial charge is 0.306 e. The van der Waals surface area contributed by atoms with Gasteiger partial charge in [0.25, 0.3) is 5.91 Å². The van der Waals surface area contributed by atoms with Gasteiger partial charge in [0.1, 0.15) is 5.60 Å². The van der Waals surface area contributed by atoms with Crippen molar-refractivity contribution < 1.29 is 41.7 Å². The highest BCUT2D eigenvalue weighted by Crippen LogP contribution is 2.34. The molecule has 0 fully saturated rings. The molecule has 56 heavy (non-hydrogen) atoms. The van der Waals surface area contributed by atoms with Crippen LogP contribution in [0.4, 0.5) is 0 Å². The first-order valence-electron chi connectivity index (χ1n) is 20.0. The van der Waals surface area contributed by atoms with E-state index < -0.39 is 42.8 Å². The van der Waals surface area contributed by atoms with E-state index in [1.807, 2.05) is 90.0 Å². The number of benzene rings is 1. The van der Waals surface area contributed by atoms with Crippen molar-refractivity contribution in [1.29, 1.82) is 0 Å². The molecule has 1 unspecified atom stereocenters. The first-order chi connectivity index (χ1) is 25.0. The summed E-state index contributed by atoms with van der Waals surface area (Å²) in [6.45, 7) is 33.8. The van der Waals surface area contributed by atoms with Crippen molar-refractivity contribution in [2.45, 2.75) is 187 Å². The predicted octanol–water partition coefficient (Wildman–Crippen LogP) is 9.42. The third-order valence-electron chi connectivity index (χ3n) is 9.24. The average Bonchev–Trinajstić information content (AvgIpc) is 2.99. The van der Waals surface area contributed by atoms with Gasteiger partial charge in [-0.1, -0.05) is 26.0 Å². The van der Waals surface area contributed by atoms with Crippen LogP contribution < -0.4 is 5.32 Å². The van der Waals surface area contributed by atoms with Gasteiger partial charge in [-0.25, -0.2) is 8.42 Å². The zero-order valence-electron chi connectivity index (χ0n) is 37.9. The molecule has 324 valence electrons. The van der Waals surface area contributed by atoms with Gasteiger partial charge in [-0.05, 0) is 142 Å².